The van der Waals surface area contributed by atoms with Gasteiger partial charge in [-0.3, -0.25) is 9.69 Å². The Hall–Kier alpha value is -2.93. The molecule has 1 aliphatic heterocycles. The lowest BCUT2D eigenvalue weighted by molar-refractivity contribution is -0.117. The molecule has 174 valence electrons. The van der Waals surface area contributed by atoms with Gasteiger partial charge in [-0.1, -0.05) is 0 Å². The van der Waals surface area contributed by atoms with Crippen LogP contribution in [0, 0.1) is 5.92 Å². The largest absolute Gasteiger partial charge is 0.497 e. The summed E-state index contributed by atoms with van der Waals surface area (Å²) in [7, 11) is 6.52. The van der Waals surface area contributed by atoms with Crippen molar-refractivity contribution >= 4 is 11.6 Å². The summed E-state index contributed by atoms with van der Waals surface area (Å²) < 4.78 is 21.3. The molecule has 1 N–H and O–H groups in total. The van der Waals surface area contributed by atoms with E-state index in [-0.39, 0.29) is 5.91 Å². The number of carbonyl (C=O) groups excluding carboxylic acids is 1. The van der Waals surface area contributed by atoms with Crippen LogP contribution in [-0.2, 0) is 11.2 Å². The Morgan fingerprint density at radius 3 is 2.16 bits per heavy atom. The highest BCUT2D eigenvalue weighted by Crippen LogP contribution is 2.30. The van der Waals surface area contributed by atoms with Crippen LogP contribution in [0.2, 0.25) is 0 Å². The third-order valence-corrected chi connectivity index (χ3v) is 5.99. The smallest absolute Gasteiger partial charge is 0.238 e. The second kappa shape index (κ2) is 11.6. The fraction of sp³-hybridized carbons (Fsp3) is 0.480. The molecule has 1 aliphatic rings. The van der Waals surface area contributed by atoms with Gasteiger partial charge in [0.2, 0.25) is 5.91 Å². The second-order valence-electron chi connectivity index (χ2n) is 8.10. The first-order valence-corrected chi connectivity index (χ1v) is 11.0. The summed E-state index contributed by atoms with van der Waals surface area (Å²) in [4.78, 5) is 14.7. The summed E-state index contributed by atoms with van der Waals surface area (Å²) in [6, 6.07) is 11.4. The van der Waals surface area contributed by atoms with Crippen molar-refractivity contribution in [1.82, 2.24) is 4.90 Å². The van der Waals surface area contributed by atoms with Gasteiger partial charge in [0, 0.05) is 17.8 Å². The number of hydrogen-bond donors (Lipinski definition) is 1. The molecule has 7 nitrogen and oxygen atoms in total. The number of amides is 1. The first-order chi connectivity index (χ1) is 15.5. The van der Waals surface area contributed by atoms with Crippen LogP contribution >= 0.6 is 0 Å². The molecule has 7 heteroatoms. The van der Waals surface area contributed by atoms with Crippen molar-refractivity contribution in [2.75, 3.05) is 53.4 Å². The molecule has 2 aromatic carbocycles. The normalized spacial score (nSPS) is 14.6. The number of rotatable bonds is 10. The van der Waals surface area contributed by atoms with E-state index in [2.05, 4.69) is 22.3 Å². The van der Waals surface area contributed by atoms with Crippen LogP contribution in [0.15, 0.2) is 36.4 Å². The van der Waals surface area contributed by atoms with Gasteiger partial charge < -0.3 is 24.3 Å². The summed E-state index contributed by atoms with van der Waals surface area (Å²) in [6.07, 6.45) is 4.33. The molecular formula is C25H34N2O5. The highest BCUT2D eigenvalue weighted by atomic mass is 16.5. The maximum absolute atomic E-state index is 12.5. The maximum Gasteiger partial charge on any atom is 0.238 e. The molecule has 0 aliphatic carbocycles. The van der Waals surface area contributed by atoms with E-state index < -0.39 is 0 Å². The third kappa shape index (κ3) is 6.53. The number of nitrogens with one attached hydrogen (secondary N) is 1. The molecule has 0 atom stereocenters. The highest BCUT2D eigenvalue weighted by Gasteiger charge is 2.21. The minimum atomic E-state index is -0.0147. The first-order valence-electron chi connectivity index (χ1n) is 11.0. The number of benzene rings is 2. The van der Waals surface area contributed by atoms with Crippen LogP contribution in [0.4, 0.5) is 5.69 Å². The predicted octanol–water partition coefficient (Wildman–Crippen LogP) is 4.00. The van der Waals surface area contributed by atoms with Gasteiger partial charge in [0.15, 0.2) is 11.5 Å². The molecule has 1 heterocycles. The number of ether oxygens (including phenoxy) is 4. The Morgan fingerprint density at radius 2 is 1.56 bits per heavy atom. The van der Waals surface area contributed by atoms with Crippen molar-refractivity contribution in [2.45, 2.75) is 25.7 Å². The fourth-order valence-electron chi connectivity index (χ4n) is 4.13. The van der Waals surface area contributed by atoms with E-state index in [0.717, 1.165) is 50.3 Å². The van der Waals surface area contributed by atoms with Gasteiger partial charge in [-0.25, -0.2) is 0 Å². The van der Waals surface area contributed by atoms with Gasteiger partial charge in [0.1, 0.15) is 11.5 Å². The van der Waals surface area contributed by atoms with E-state index >= 15 is 0 Å². The maximum atomic E-state index is 12.5. The Labute approximate surface area is 190 Å². The molecule has 0 spiro atoms. The Morgan fingerprint density at radius 1 is 0.906 bits per heavy atom. The van der Waals surface area contributed by atoms with Gasteiger partial charge in [0.25, 0.3) is 0 Å². The zero-order chi connectivity index (χ0) is 22.9. The number of methoxy groups -OCH3 is 4. The van der Waals surface area contributed by atoms with Crippen molar-refractivity contribution in [1.29, 1.82) is 0 Å². The van der Waals surface area contributed by atoms with Crippen LogP contribution in [0.3, 0.4) is 0 Å². The van der Waals surface area contributed by atoms with Gasteiger partial charge in [0.05, 0.1) is 35.0 Å². The minimum absolute atomic E-state index is 0.0147. The summed E-state index contributed by atoms with van der Waals surface area (Å²) in [6.45, 7) is 2.27. The number of likely N-dealkylation sites (tertiary alicyclic amines) is 1. The van der Waals surface area contributed by atoms with Crippen molar-refractivity contribution in [3.8, 4) is 23.0 Å². The number of aryl methyl sites for hydroxylation is 1. The zero-order valence-corrected chi connectivity index (χ0v) is 19.5. The average Bonchev–Trinajstić information content (AvgIpc) is 2.83. The van der Waals surface area contributed by atoms with E-state index in [4.69, 9.17) is 18.9 Å². The van der Waals surface area contributed by atoms with Gasteiger partial charge in [-0.15, -0.1) is 0 Å². The third-order valence-electron chi connectivity index (χ3n) is 5.99. The monoisotopic (exact) mass is 442 g/mol. The zero-order valence-electron chi connectivity index (χ0n) is 19.5. The quantitative estimate of drug-likeness (QED) is 0.600. The van der Waals surface area contributed by atoms with Gasteiger partial charge in [-0.05, 0) is 74.5 Å². The molecule has 2 aromatic rings. The molecular weight excluding hydrogens is 408 g/mol. The lowest BCUT2D eigenvalue weighted by Crippen LogP contribution is -2.39. The van der Waals surface area contributed by atoms with Crippen LogP contribution in [-0.4, -0.2) is 58.9 Å². The fourth-order valence-corrected chi connectivity index (χ4v) is 4.13. The van der Waals surface area contributed by atoms with Gasteiger partial charge in [-0.2, -0.15) is 0 Å². The molecule has 0 aromatic heterocycles. The number of hydrogen-bond acceptors (Lipinski definition) is 6. The van der Waals surface area contributed by atoms with E-state index in [0.29, 0.717) is 29.6 Å². The standard InChI is InChI=1S/C25H34N2O5/c1-29-21-13-19(14-22(16-21)30-2)6-5-18-9-11-27(12-10-18)17-25(28)26-20-7-8-23(31-3)24(15-20)32-4/h7-8,13-16,18H,5-6,9-12,17H2,1-4H3,(H,26,28). The van der Waals surface area contributed by atoms with E-state index in [1.54, 1.807) is 40.6 Å². The summed E-state index contributed by atoms with van der Waals surface area (Å²) >= 11 is 0. The molecule has 1 fully saturated rings. The average molecular weight is 443 g/mol. The molecule has 0 radical (unpaired) electrons. The topological polar surface area (TPSA) is 69.3 Å². The summed E-state index contributed by atoms with van der Waals surface area (Å²) in [5.41, 5.74) is 1.94. The molecule has 0 bridgehead atoms. The number of carbonyl (C=O) groups is 1. The van der Waals surface area contributed by atoms with Crippen molar-refractivity contribution < 1.29 is 23.7 Å². The lowest BCUT2D eigenvalue weighted by atomic mass is 9.90. The number of piperidine rings is 1. The molecule has 3 rings (SSSR count). The summed E-state index contributed by atoms with van der Waals surface area (Å²) in [5.74, 6) is 3.54. The van der Waals surface area contributed by atoms with Gasteiger partial charge >= 0.3 is 0 Å². The molecule has 0 unspecified atom stereocenters. The number of nitrogens with zero attached hydrogens (tertiary/aromatic N) is 1. The van der Waals surface area contributed by atoms with Crippen molar-refractivity contribution in [3.05, 3.63) is 42.0 Å². The Bertz CT molecular complexity index is 872. The van der Waals surface area contributed by atoms with E-state index in [9.17, 15) is 4.79 Å². The second-order valence-corrected chi connectivity index (χ2v) is 8.10. The van der Waals surface area contributed by atoms with Crippen LogP contribution < -0.4 is 24.3 Å². The predicted molar refractivity (Wildman–Crippen MR) is 125 cm³/mol. The Kier molecular flexibility index (Phi) is 8.62. The SMILES string of the molecule is COc1cc(CCC2CCN(CC(=O)Nc3ccc(OC)c(OC)c3)CC2)cc(OC)c1. The van der Waals surface area contributed by atoms with Crippen LogP contribution in [0.25, 0.3) is 0 Å². The molecule has 1 amide bonds. The van der Waals surface area contributed by atoms with Crippen LogP contribution in [0.5, 0.6) is 23.0 Å². The molecule has 1 saturated heterocycles. The van der Waals surface area contributed by atoms with Crippen LogP contribution in [0.1, 0.15) is 24.8 Å². The van der Waals surface area contributed by atoms with Crippen molar-refractivity contribution in [2.24, 2.45) is 5.92 Å². The van der Waals surface area contributed by atoms with Crippen molar-refractivity contribution in [3.63, 3.8) is 0 Å². The Balaban J connectivity index is 1.43. The molecule has 32 heavy (non-hydrogen) atoms. The highest BCUT2D eigenvalue weighted by molar-refractivity contribution is 5.92. The van der Waals surface area contributed by atoms with E-state index in [1.807, 2.05) is 12.1 Å². The summed E-state index contributed by atoms with van der Waals surface area (Å²) in [5, 5.41) is 2.95. The molecule has 0 saturated carbocycles. The minimum Gasteiger partial charge on any atom is -0.497 e. The van der Waals surface area contributed by atoms with E-state index in [1.165, 1.54) is 5.56 Å². The lowest BCUT2D eigenvalue weighted by Gasteiger charge is -2.31. The number of anilines is 1. The first kappa shape index (κ1) is 23.7.